The Morgan fingerprint density at radius 1 is 1.10 bits per heavy atom. The highest BCUT2D eigenvalue weighted by molar-refractivity contribution is 6.30. The first-order valence-electron chi connectivity index (χ1n) is 10.2. The smallest absolute Gasteiger partial charge is 0.254 e. The lowest BCUT2D eigenvalue weighted by atomic mass is 10.0. The molecule has 1 unspecified atom stereocenters. The SMILES string of the molecule is O=C(C(=Cc1ccccc1)c1ccccc1)N1CCOC(COc2cccnc2Cl)C1. The molecule has 6 heteroatoms. The molecule has 5 nitrogen and oxygen atoms in total. The van der Waals surface area contributed by atoms with E-state index in [-0.39, 0.29) is 18.6 Å². The topological polar surface area (TPSA) is 51.7 Å². The zero-order chi connectivity index (χ0) is 21.5. The molecule has 31 heavy (non-hydrogen) atoms. The Kier molecular flexibility index (Phi) is 6.97. The van der Waals surface area contributed by atoms with E-state index >= 15 is 0 Å². The van der Waals surface area contributed by atoms with Crippen LogP contribution in [0.2, 0.25) is 5.15 Å². The summed E-state index contributed by atoms with van der Waals surface area (Å²) in [4.78, 5) is 19.3. The number of nitrogens with zero attached hydrogens (tertiary/aromatic N) is 2. The molecule has 0 aliphatic carbocycles. The average Bonchev–Trinajstić information content (AvgIpc) is 2.83. The van der Waals surface area contributed by atoms with Gasteiger partial charge < -0.3 is 14.4 Å². The first-order valence-corrected chi connectivity index (χ1v) is 10.5. The van der Waals surface area contributed by atoms with Gasteiger partial charge in [0.2, 0.25) is 0 Å². The van der Waals surface area contributed by atoms with Crippen LogP contribution < -0.4 is 4.74 Å². The van der Waals surface area contributed by atoms with Gasteiger partial charge >= 0.3 is 0 Å². The molecule has 0 radical (unpaired) electrons. The van der Waals surface area contributed by atoms with Crippen molar-refractivity contribution in [2.75, 3.05) is 26.3 Å². The number of pyridine rings is 1. The molecule has 158 valence electrons. The van der Waals surface area contributed by atoms with Crippen molar-refractivity contribution in [3.05, 3.63) is 95.3 Å². The molecule has 1 amide bonds. The zero-order valence-electron chi connectivity index (χ0n) is 17.0. The van der Waals surface area contributed by atoms with Gasteiger partial charge in [-0.1, -0.05) is 72.3 Å². The summed E-state index contributed by atoms with van der Waals surface area (Å²) in [5, 5.41) is 0.309. The third-order valence-corrected chi connectivity index (χ3v) is 5.29. The standard InChI is InChI=1S/C25H23ClN2O3/c26-24-23(12-7-13-27-24)31-18-21-17-28(14-15-30-21)25(29)22(20-10-5-2-6-11-20)16-19-8-3-1-4-9-19/h1-13,16,21H,14-15,17-18H2. The number of amides is 1. The molecule has 1 fully saturated rings. The van der Waals surface area contributed by atoms with Crippen LogP contribution in [0.4, 0.5) is 0 Å². The fourth-order valence-electron chi connectivity index (χ4n) is 3.44. The monoisotopic (exact) mass is 434 g/mol. The van der Waals surface area contributed by atoms with Gasteiger partial charge in [-0.25, -0.2) is 4.98 Å². The van der Waals surface area contributed by atoms with Crippen LogP contribution in [-0.4, -0.2) is 48.2 Å². The number of benzene rings is 2. The lowest BCUT2D eigenvalue weighted by Crippen LogP contribution is -2.47. The van der Waals surface area contributed by atoms with Gasteiger partial charge in [0.05, 0.1) is 13.2 Å². The number of carbonyl (C=O) groups excluding carboxylic acids is 1. The maximum Gasteiger partial charge on any atom is 0.254 e. The Labute approximate surface area is 186 Å². The summed E-state index contributed by atoms with van der Waals surface area (Å²) in [6, 6.07) is 23.1. The molecular formula is C25H23ClN2O3. The summed E-state index contributed by atoms with van der Waals surface area (Å²) in [6.07, 6.45) is 3.30. The molecule has 0 N–H and O–H groups in total. The third-order valence-electron chi connectivity index (χ3n) is 5.00. The molecule has 1 aliphatic heterocycles. The minimum absolute atomic E-state index is 0.0252. The second-order valence-corrected chi connectivity index (χ2v) is 7.54. The Hall–Kier alpha value is -3.15. The predicted molar refractivity (Wildman–Crippen MR) is 122 cm³/mol. The molecule has 2 aromatic carbocycles. The molecule has 1 saturated heterocycles. The quantitative estimate of drug-likeness (QED) is 0.323. The highest BCUT2D eigenvalue weighted by Gasteiger charge is 2.27. The zero-order valence-corrected chi connectivity index (χ0v) is 17.7. The van der Waals surface area contributed by atoms with Gasteiger partial charge in [-0.15, -0.1) is 0 Å². The average molecular weight is 435 g/mol. The van der Waals surface area contributed by atoms with E-state index in [9.17, 15) is 4.79 Å². The minimum atomic E-state index is -0.247. The van der Waals surface area contributed by atoms with E-state index in [1.165, 1.54) is 0 Å². The molecule has 0 saturated carbocycles. The second-order valence-electron chi connectivity index (χ2n) is 7.18. The number of rotatable bonds is 6. The summed E-state index contributed by atoms with van der Waals surface area (Å²) < 4.78 is 11.6. The Bertz CT molecular complexity index is 1040. The Morgan fingerprint density at radius 3 is 2.58 bits per heavy atom. The number of aromatic nitrogens is 1. The molecule has 3 aromatic rings. The van der Waals surface area contributed by atoms with E-state index in [1.54, 1.807) is 18.3 Å². The van der Waals surface area contributed by atoms with Gasteiger partial charge in [0.15, 0.2) is 10.9 Å². The largest absolute Gasteiger partial charge is 0.488 e. The Balaban J connectivity index is 1.50. The van der Waals surface area contributed by atoms with Crippen molar-refractivity contribution >= 4 is 29.2 Å². The molecule has 4 rings (SSSR count). The molecule has 1 atom stereocenters. The maximum atomic E-state index is 13.5. The number of hydrogen-bond acceptors (Lipinski definition) is 4. The first-order chi connectivity index (χ1) is 15.2. The van der Waals surface area contributed by atoms with Gasteiger partial charge in [-0.05, 0) is 29.3 Å². The van der Waals surface area contributed by atoms with E-state index in [2.05, 4.69) is 4.98 Å². The normalized spacial score (nSPS) is 16.7. The van der Waals surface area contributed by atoms with Crippen LogP contribution in [0.3, 0.4) is 0 Å². The summed E-state index contributed by atoms with van der Waals surface area (Å²) >= 11 is 6.06. The number of ether oxygens (including phenoxy) is 2. The van der Waals surface area contributed by atoms with Gasteiger partial charge in [-0.2, -0.15) is 0 Å². The van der Waals surface area contributed by atoms with Crippen molar-refractivity contribution < 1.29 is 14.3 Å². The van der Waals surface area contributed by atoms with Crippen molar-refractivity contribution in [2.24, 2.45) is 0 Å². The Morgan fingerprint density at radius 2 is 1.84 bits per heavy atom. The van der Waals surface area contributed by atoms with Crippen molar-refractivity contribution in [3.63, 3.8) is 0 Å². The van der Waals surface area contributed by atoms with Gasteiger partial charge in [0, 0.05) is 18.3 Å². The van der Waals surface area contributed by atoms with Crippen LogP contribution in [0.25, 0.3) is 11.6 Å². The van der Waals surface area contributed by atoms with E-state index in [0.29, 0.717) is 36.2 Å². The predicted octanol–water partition coefficient (Wildman–Crippen LogP) is 4.58. The van der Waals surface area contributed by atoms with Crippen LogP contribution in [-0.2, 0) is 9.53 Å². The summed E-state index contributed by atoms with van der Waals surface area (Å²) in [5.41, 5.74) is 2.52. The van der Waals surface area contributed by atoms with E-state index in [4.69, 9.17) is 21.1 Å². The molecule has 2 heterocycles. The number of hydrogen-bond donors (Lipinski definition) is 0. The summed E-state index contributed by atoms with van der Waals surface area (Å²) in [6.45, 7) is 1.71. The van der Waals surface area contributed by atoms with Crippen LogP contribution in [0.1, 0.15) is 11.1 Å². The van der Waals surface area contributed by atoms with Gasteiger partial charge in [0.25, 0.3) is 5.91 Å². The number of morpholine rings is 1. The molecular weight excluding hydrogens is 412 g/mol. The van der Waals surface area contributed by atoms with Crippen LogP contribution in [0.5, 0.6) is 5.75 Å². The molecule has 0 spiro atoms. The fourth-order valence-corrected chi connectivity index (χ4v) is 3.61. The molecule has 1 aliphatic rings. The number of halogens is 1. The lowest BCUT2D eigenvalue weighted by molar-refractivity contribution is -0.133. The van der Waals surface area contributed by atoms with Crippen LogP contribution >= 0.6 is 11.6 Å². The van der Waals surface area contributed by atoms with E-state index < -0.39 is 0 Å². The van der Waals surface area contributed by atoms with Crippen LogP contribution in [0.15, 0.2) is 79.0 Å². The van der Waals surface area contributed by atoms with Crippen molar-refractivity contribution in [2.45, 2.75) is 6.10 Å². The van der Waals surface area contributed by atoms with E-state index in [0.717, 1.165) is 11.1 Å². The van der Waals surface area contributed by atoms with Crippen molar-refractivity contribution in [1.82, 2.24) is 9.88 Å². The molecule has 1 aromatic heterocycles. The third kappa shape index (κ3) is 5.51. The number of carbonyl (C=O) groups is 1. The van der Waals surface area contributed by atoms with Crippen LogP contribution in [0, 0.1) is 0 Å². The first kappa shape index (κ1) is 21.1. The second kappa shape index (κ2) is 10.2. The van der Waals surface area contributed by atoms with E-state index in [1.807, 2.05) is 71.6 Å². The lowest BCUT2D eigenvalue weighted by Gasteiger charge is -2.33. The van der Waals surface area contributed by atoms with Gasteiger partial charge in [0.1, 0.15) is 12.7 Å². The molecule has 0 bridgehead atoms. The highest BCUT2D eigenvalue weighted by Crippen LogP contribution is 2.24. The highest BCUT2D eigenvalue weighted by atomic mass is 35.5. The van der Waals surface area contributed by atoms with Crippen molar-refractivity contribution in [3.8, 4) is 5.75 Å². The summed E-state index contributed by atoms with van der Waals surface area (Å²) in [5.74, 6) is 0.480. The van der Waals surface area contributed by atoms with Crippen molar-refractivity contribution in [1.29, 1.82) is 0 Å². The minimum Gasteiger partial charge on any atom is -0.488 e. The maximum absolute atomic E-state index is 13.5. The summed E-state index contributed by atoms with van der Waals surface area (Å²) in [7, 11) is 0. The van der Waals surface area contributed by atoms with Gasteiger partial charge in [-0.3, -0.25) is 4.79 Å². The fraction of sp³-hybridized carbons (Fsp3) is 0.200.